The second kappa shape index (κ2) is 8.40. The highest BCUT2D eigenvalue weighted by Crippen LogP contribution is 2.24. The number of furan rings is 1. The summed E-state index contributed by atoms with van der Waals surface area (Å²) in [6, 6.07) is 11.3. The van der Waals surface area contributed by atoms with Crippen molar-refractivity contribution < 1.29 is 14.0 Å². The van der Waals surface area contributed by atoms with Crippen molar-refractivity contribution in [3.05, 3.63) is 76.5 Å². The van der Waals surface area contributed by atoms with Gasteiger partial charge in [-0.25, -0.2) is 0 Å². The molecule has 0 aliphatic carbocycles. The molecular formula is C23H24ClN3O3. The molecule has 156 valence electrons. The second-order valence-corrected chi connectivity index (χ2v) is 8.07. The van der Waals surface area contributed by atoms with Gasteiger partial charge in [-0.05, 0) is 63.1 Å². The summed E-state index contributed by atoms with van der Waals surface area (Å²) in [5, 5.41) is 3.51. The minimum Gasteiger partial charge on any atom is -0.472 e. The van der Waals surface area contributed by atoms with Crippen LogP contribution in [0, 0.1) is 13.8 Å². The van der Waals surface area contributed by atoms with Crippen LogP contribution in [0.4, 0.5) is 0 Å². The van der Waals surface area contributed by atoms with Crippen LogP contribution in [0.1, 0.15) is 44.9 Å². The topological polar surface area (TPSA) is 67.5 Å². The number of halogens is 1. The number of benzene rings is 1. The van der Waals surface area contributed by atoms with Crippen molar-refractivity contribution in [2.45, 2.75) is 32.7 Å². The molecule has 3 aromatic rings. The minimum absolute atomic E-state index is 0.000623. The van der Waals surface area contributed by atoms with Crippen LogP contribution in [0.15, 0.2) is 53.3 Å². The van der Waals surface area contributed by atoms with Crippen molar-refractivity contribution in [3.63, 3.8) is 0 Å². The lowest BCUT2D eigenvalue weighted by Gasteiger charge is -2.32. The van der Waals surface area contributed by atoms with Crippen molar-refractivity contribution in [3.8, 4) is 5.69 Å². The molecule has 3 heterocycles. The molecule has 4 rings (SSSR count). The molecular weight excluding hydrogens is 402 g/mol. The quantitative estimate of drug-likeness (QED) is 0.674. The molecule has 1 fully saturated rings. The molecule has 2 aromatic heterocycles. The maximum Gasteiger partial charge on any atom is 0.257 e. The van der Waals surface area contributed by atoms with Crippen LogP contribution in [-0.2, 0) is 0 Å². The monoisotopic (exact) mass is 425 g/mol. The van der Waals surface area contributed by atoms with E-state index in [4.69, 9.17) is 16.0 Å². The first kappa shape index (κ1) is 20.3. The number of nitrogens with one attached hydrogen (secondary N) is 1. The molecule has 0 unspecified atom stereocenters. The van der Waals surface area contributed by atoms with Crippen molar-refractivity contribution in [2.75, 3.05) is 13.1 Å². The van der Waals surface area contributed by atoms with Crippen LogP contribution in [-0.4, -0.2) is 40.4 Å². The van der Waals surface area contributed by atoms with E-state index in [-0.39, 0.29) is 17.9 Å². The van der Waals surface area contributed by atoms with Gasteiger partial charge >= 0.3 is 0 Å². The Morgan fingerprint density at radius 2 is 1.77 bits per heavy atom. The lowest BCUT2D eigenvalue weighted by Crippen LogP contribution is -2.46. The van der Waals surface area contributed by atoms with Gasteiger partial charge in [-0.2, -0.15) is 0 Å². The molecule has 1 aliphatic heterocycles. The minimum atomic E-state index is -0.191. The molecule has 1 aliphatic rings. The lowest BCUT2D eigenvalue weighted by atomic mass is 10.0. The third kappa shape index (κ3) is 4.00. The molecule has 1 saturated heterocycles. The van der Waals surface area contributed by atoms with E-state index in [2.05, 4.69) is 9.88 Å². The molecule has 0 saturated carbocycles. The van der Waals surface area contributed by atoms with Crippen LogP contribution in [0.5, 0.6) is 0 Å². The summed E-state index contributed by atoms with van der Waals surface area (Å²) in [4.78, 5) is 27.1. The Labute approximate surface area is 180 Å². The van der Waals surface area contributed by atoms with Gasteiger partial charge in [0.15, 0.2) is 0 Å². The molecule has 0 radical (unpaired) electrons. The first-order chi connectivity index (χ1) is 14.4. The van der Waals surface area contributed by atoms with E-state index in [0.717, 1.165) is 17.1 Å². The van der Waals surface area contributed by atoms with E-state index < -0.39 is 0 Å². The maximum absolute atomic E-state index is 12.9. The zero-order chi connectivity index (χ0) is 21.3. The Bertz CT molecular complexity index is 1040. The molecule has 1 N–H and O–H groups in total. The SMILES string of the molecule is Cc1ccc(C)n1-c1ccc(Cl)c(C(=O)NC2CCN(C(=O)c3ccoc3)CC2)c1. The Balaban J connectivity index is 1.42. The zero-order valence-electron chi connectivity index (χ0n) is 17.0. The number of likely N-dealkylation sites (tertiary alicyclic amines) is 1. The fraction of sp³-hybridized carbons (Fsp3) is 0.304. The van der Waals surface area contributed by atoms with Gasteiger partial charge in [0, 0.05) is 36.2 Å². The number of carbonyl (C=O) groups is 2. The number of nitrogens with zero attached hydrogens (tertiary/aromatic N) is 2. The van der Waals surface area contributed by atoms with Crippen molar-refractivity contribution in [1.29, 1.82) is 0 Å². The summed E-state index contributed by atoms with van der Waals surface area (Å²) < 4.78 is 7.08. The van der Waals surface area contributed by atoms with E-state index in [1.165, 1.54) is 12.5 Å². The molecule has 0 spiro atoms. The highest BCUT2D eigenvalue weighted by Gasteiger charge is 2.26. The Morgan fingerprint density at radius 1 is 1.07 bits per heavy atom. The molecule has 2 amide bonds. The van der Waals surface area contributed by atoms with Gasteiger partial charge in [0.1, 0.15) is 6.26 Å². The molecule has 0 bridgehead atoms. The normalized spacial score (nSPS) is 14.7. The standard InChI is InChI=1S/C23H24ClN3O3/c1-15-3-4-16(2)27(15)19-5-6-21(24)20(13-19)22(28)25-18-7-10-26(11-8-18)23(29)17-9-12-30-14-17/h3-6,9,12-14,18H,7-8,10-11H2,1-2H3,(H,25,28). The van der Waals surface area contributed by atoms with Gasteiger partial charge < -0.3 is 19.2 Å². The first-order valence-corrected chi connectivity index (χ1v) is 10.4. The molecule has 30 heavy (non-hydrogen) atoms. The molecule has 1 aromatic carbocycles. The van der Waals surface area contributed by atoms with Crippen LogP contribution in [0.25, 0.3) is 5.69 Å². The van der Waals surface area contributed by atoms with Crippen LogP contribution < -0.4 is 5.32 Å². The highest BCUT2D eigenvalue weighted by atomic mass is 35.5. The van der Waals surface area contributed by atoms with E-state index >= 15 is 0 Å². The summed E-state index contributed by atoms with van der Waals surface area (Å²) in [7, 11) is 0. The Morgan fingerprint density at radius 3 is 2.40 bits per heavy atom. The summed E-state index contributed by atoms with van der Waals surface area (Å²) in [5.41, 5.74) is 4.10. The number of carbonyl (C=O) groups excluding carboxylic acids is 2. The highest BCUT2D eigenvalue weighted by molar-refractivity contribution is 6.33. The lowest BCUT2D eigenvalue weighted by molar-refractivity contribution is 0.0697. The number of hydrogen-bond donors (Lipinski definition) is 1. The van der Waals surface area contributed by atoms with E-state index in [0.29, 0.717) is 42.1 Å². The van der Waals surface area contributed by atoms with Gasteiger partial charge in [0.2, 0.25) is 0 Å². The van der Waals surface area contributed by atoms with Crippen LogP contribution >= 0.6 is 11.6 Å². The largest absolute Gasteiger partial charge is 0.472 e. The molecule has 6 nitrogen and oxygen atoms in total. The van der Waals surface area contributed by atoms with Gasteiger partial charge in [-0.1, -0.05) is 11.6 Å². The van der Waals surface area contributed by atoms with Crippen LogP contribution in [0.3, 0.4) is 0 Å². The summed E-state index contributed by atoms with van der Waals surface area (Å²) in [6.07, 6.45) is 4.35. The smallest absolute Gasteiger partial charge is 0.257 e. The number of amides is 2. The fourth-order valence-electron chi connectivity index (χ4n) is 3.96. The van der Waals surface area contributed by atoms with E-state index in [1.54, 1.807) is 17.0 Å². The zero-order valence-corrected chi connectivity index (χ0v) is 17.8. The average molecular weight is 426 g/mol. The van der Waals surface area contributed by atoms with Gasteiger partial charge in [0.05, 0.1) is 22.4 Å². The fourth-order valence-corrected chi connectivity index (χ4v) is 4.16. The number of aryl methyl sites for hydroxylation is 2. The van der Waals surface area contributed by atoms with Crippen molar-refractivity contribution >= 4 is 23.4 Å². The van der Waals surface area contributed by atoms with Gasteiger partial charge in [-0.3, -0.25) is 9.59 Å². The first-order valence-electron chi connectivity index (χ1n) is 10.0. The third-order valence-electron chi connectivity index (χ3n) is 5.61. The van der Waals surface area contributed by atoms with Gasteiger partial charge in [0.25, 0.3) is 11.8 Å². The predicted molar refractivity (Wildman–Crippen MR) is 115 cm³/mol. The average Bonchev–Trinajstić information content (AvgIpc) is 3.39. The molecule has 0 atom stereocenters. The van der Waals surface area contributed by atoms with Crippen molar-refractivity contribution in [1.82, 2.24) is 14.8 Å². The van der Waals surface area contributed by atoms with Gasteiger partial charge in [-0.15, -0.1) is 0 Å². The number of aromatic nitrogens is 1. The number of hydrogen-bond acceptors (Lipinski definition) is 3. The molecule has 7 heteroatoms. The summed E-state index contributed by atoms with van der Waals surface area (Å²) in [5.74, 6) is -0.231. The number of rotatable bonds is 4. The number of piperidine rings is 1. The summed E-state index contributed by atoms with van der Waals surface area (Å²) >= 11 is 6.34. The van der Waals surface area contributed by atoms with E-state index in [1.807, 2.05) is 38.1 Å². The third-order valence-corrected chi connectivity index (χ3v) is 5.94. The second-order valence-electron chi connectivity index (χ2n) is 7.67. The summed E-state index contributed by atoms with van der Waals surface area (Å²) in [6.45, 7) is 5.23. The maximum atomic E-state index is 12.9. The Kier molecular flexibility index (Phi) is 5.68. The Hall–Kier alpha value is -2.99. The van der Waals surface area contributed by atoms with Crippen molar-refractivity contribution in [2.24, 2.45) is 0 Å². The predicted octanol–water partition coefficient (Wildman–Crippen LogP) is 4.38. The van der Waals surface area contributed by atoms with Crippen LogP contribution in [0.2, 0.25) is 5.02 Å². The van der Waals surface area contributed by atoms with E-state index in [9.17, 15) is 9.59 Å².